The molecule has 0 aromatic carbocycles. The van der Waals surface area contributed by atoms with E-state index in [0.717, 1.165) is 42.2 Å². The van der Waals surface area contributed by atoms with Gasteiger partial charge < -0.3 is 15.5 Å². The maximum atomic E-state index is 4.45. The molecule has 1 aliphatic heterocycles. The minimum Gasteiger partial charge on any atom is -0.356 e. The highest BCUT2D eigenvalue weighted by Crippen LogP contribution is 2.16. The van der Waals surface area contributed by atoms with Crippen LogP contribution in [0.15, 0.2) is 4.99 Å². The van der Waals surface area contributed by atoms with Gasteiger partial charge in [0, 0.05) is 25.0 Å². The van der Waals surface area contributed by atoms with Crippen LogP contribution in [0.25, 0.3) is 0 Å². The molecule has 0 radical (unpaired) electrons. The number of aliphatic imine (C=N–C) groups is 1. The number of thiazole rings is 1. The van der Waals surface area contributed by atoms with Crippen molar-refractivity contribution in [2.24, 2.45) is 10.9 Å². The molecule has 2 rings (SSSR count). The van der Waals surface area contributed by atoms with Gasteiger partial charge in [-0.25, -0.2) is 4.98 Å². The van der Waals surface area contributed by atoms with Crippen molar-refractivity contribution in [2.75, 3.05) is 33.2 Å². The van der Waals surface area contributed by atoms with Crippen LogP contribution in [-0.2, 0) is 6.54 Å². The maximum absolute atomic E-state index is 4.45. The number of halogens is 1. The maximum Gasteiger partial charge on any atom is 0.191 e. The molecule has 126 valence electrons. The number of hydrogen-bond donors (Lipinski definition) is 2. The minimum absolute atomic E-state index is 0. The van der Waals surface area contributed by atoms with E-state index in [9.17, 15) is 0 Å². The predicted molar refractivity (Wildman–Crippen MR) is 105 cm³/mol. The molecule has 0 aliphatic carbocycles. The molecule has 0 spiro atoms. The summed E-state index contributed by atoms with van der Waals surface area (Å²) in [6.07, 6.45) is 1.28. The molecule has 0 amide bonds. The topological polar surface area (TPSA) is 52.5 Å². The van der Waals surface area contributed by atoms with Gasteiger partial charge in [-0.1, -0.05) is 6.92 Å². The number of hydrogen-bond acceptors (Lipinski definition) is 4. The smallest absolute Gasteiger partial charge is 0.191 e. The number of likely N-dealkylation sites (tertiary alicyclic amines) is 1. The monoisotopic (exact) mass is 437 g/mol. The van der Waals surface area contributed by atoms with Gasteiger partial charge in [-0.3, -0.25) is 4.99 Å². The summed E-state index contributed by atoms with van der Waals surface area (Å²) in [5.74, 6) is 1.62. The van der Waals surface area contributed by atoms with Crippen LogP contribution >= 0.6 is 35.3 Å². The molecule has 1 aromatic rings. The SMILES string of the molecule is CCN1CCC(CNC(=NC)NCc2sc(C)nc2C)C1.I. The van der Waals surface area contributed by atoms with Gasteiger partial charge in [0.05, 0.1) is 17.2 Å². The molecule has 1 aliphatic rings. The van der Waals surface area contributed by atoms with E-state index in [1.54, 1.807) is 11.3 Å². The van der Waals surface area contributed by atoms with Crippen molar-refractivity contribution in [2.45, 2.75) is 33.7 Å². The first-order valence-corrected chi connectivity index (χ1v) is 8.53. The van der Waals surface area contributed by atoms with E-state index >= 15 is 0 Å². The Kier molecular flexibility index (Phi) is 8.63. The molecule has 0 saturated carbocycles. The second-order valence-electron chi connectivity index (χ2n) is 5.60. The molecule has 2 N–H and O–H groups in total. The van der Waals surface area contributed by atoms with Crippen molar-refractivity contribution in [3.05, 3.63) is 15.6 Å². The van der Waals surface area contributed by atoms with Gasteiger partial charge in [0.1, 0.15) is 0 Å². The molecular weight excluding hydrogens is 409 g/mol. The fourth-order valence-corrected chi connectivity index (χ4v) is 3.61. The summed E-state index contributed by atoms with van der Waals surface area (Å²) in [6, 6.07) is 0. The van der Waals surface area contributed by atoms with Crippen molar-refractivity contribution in [1.82, 2.24) is 20.5 Å². The molecule has 1 aromatic heterocycles. The Morgan fingerprint density at radius 3 is 2.73 bits per heavy atom. The van der Waals surface area contributed by atoms with E-state index < -0.39 is 0 Å². The summed E-state index contributed by atoms with van der Waals surface area (Å²) in [5.41, 5.74) is 1.12. The van der Waals surface area contributed by atoms with E-state index in [0.29, 0.717) is 0 Å². The zero-order valence-electron chi connectivity index (χ0n) is 14.0. The van der Waals surface area contributed by atoms with E-state index in [2.05, 4.69) is 39.4 Å². The number of guanidine groups is 1. The van der Waals surface area contributed by atoms with Gasteiger partial charge in [0.2, 0.25) is 0 Å². The van der Waals surface area contributed by atoms with Gasteiger partial charge >= 0.3 is 0 Å². The minimum atomic E-state index is 0. The average molecular weight is 437 g/mol. The predicted octanol–water partition coefficient (Wildman–Crippen LogP) is 2.38. The standard InChI is InChI=1S/C15H27N5S.HI/c1-5-20-7-6-13(10-20)8-17-15(16-4)18-9-14-11(2)19-12(3)21-14;/h13H,5-10H2,1-4H3,(H2,16,17,18);1H. The van der Waals surface area contributed by atoms with Gasteiger partial charge in [0.15, 0.2) is 5.96 Å². The van der Waals surface area contributed by atoms with Crippen LogP contribution in [0.1, 0.15) is 28.9 Å². The fraction of sp³-hybridized carbons (Fsp3) is 0.733. The van der Waals surface area contributed by atoms with Gasteiger partial charge in [-0.2, -0.15) is 0 Å². The van der Waals surface area contributed by atoms with Gasteiger partial charge in [0.25, 0.3) is 0 Å². The van der Waals surface area contributed by atoms with Crippen molar-refractivity contribution in [3.8, 4) is 0 Å². The molecule has 1 atom stereocenters. The second-order valence-corrected chi connectivity index (χ2v) is 6.88. The molecule has 1 fully saturated rings. The fourth-order valence-electron chi connectivity index (χ4n) is 2.73. The van der Waals surface area contributed by atoms with Crippen LogP contribution in [0.5, 0.6) is 0 Å². The lowest BCUT2D eigenvalue weighted by Gasteiger charge is -2.16. The van der Waals surface area contributed by atoms with Crippen LogP contribution in [0, 0.1) is 19.8 Å². The highest BCUT2D eigenvalue weighted by molar-refractivity contribution is 14.0. The molecule has 1 unspecified atom stereocenters. The molecular formula is C15H28IN5S. The number of aryl methyl sites for hydroxylation is 2. The first kappa shape index (κ1) is 19.6. The Balaban J connectivity index is 0.00000242. The van der Waals surface area contributed by atoms with Crippen LogP contribution in [0.2, 0.25) is 0 Å². The normalized spacial score (nSPS) is 19.1. The Labute approximate surface area is 155 Å². The van der Waals surface area contributed by atoms with Crippen molar-refractivity contribution < 1.29 is 0 Å². The zero-order valence-corrected chi connectivity index (χ0v) is 17.1. The lowest BCUT2D eigenvalue weighted by atomic mass is 10.1. The number of rotatable bonds is 5. The molecule has 22 heavy (non-hydrogen) atoms. The zero-order chi connectivity index (χ0) is 15.2. The highest BCUT2D eigenvalue weighted by Gasteiger charge is 2.21. The Morgan fingerprint density at radius 1 is 1.41 bits per heavy atom. The summed E-state index contributed by atoms with van der Waals surface area (Å²) in [6.45, 7) is 11.7. The Bertz CT molecular complexity index is 488. The summed E-state index contributed by atoms with van der Waals surface area (Å²) in [7, 11) is 1.83. The van der Waals surface area contributed by atoms with Crippen molar-refractivity contribution in [3.63, 3.8) is 0 Å². The summed E-state index contributed by atoms with van der Waals surface area (Å²) >= 11 is 1.75. The third-order valence-corrected chi connectivity index (χ3v) is 5.09. The third-order valence-electron chi connectivity index (χ3n) is 4.01. The molecule has 5 nitrogen and oxygen atoms in total. The van der Waals surface area contributed by atoms with Crippen molar-refractivity contribution >= 4 is 41.3 Å². The number of nitrogens with zero attached hydrogens (tertiary/aromatic N) is 3. The first-order chi connectivity index (χ1) is 10.1. The summed E-state index contributed by atoms with van der Waals surface area (Å²) < 4.78 is 0. The highest BCUT2D eigenvalue weighted by atomic mass is 127. The van der Waals surface area contributed by atoms with Gasteiger partial charge in [-0.05, 0) is 39.3 Å². The summed E-state index contributed by atoms with van der Waals surface area (Å²) in [4.78, 5) is 12.6. The van der Waals surface area contributed by atoms with Crippen LogP contribution in [0.4, 0.5) is 0 Å². The van der Waals surface area contributed by atoms with E-state index in [4.69, 9.17) is 0 Å². The third kappa shape index (κ3) is 5.66. The van der Waals surface area contributed by atoms with E-state index in [1.807, 2.05) is 14.0 Å². The van der Waals surface area contributed by atoms with E-state index in [1.165, 1.54) is 24.4 Å². The molecule has 2 heterocycles. The van der Waals surface area contributed by atoms with Crippen molar-refractivity contribution in [1.29, 1.82) is 0 Å². The van der Waals surface area contributed by atoms with Gasteiger partial charge in [-0.15, -0.1) is 35.3 Å². The second kappa shape index (κ2) is 9.67. The Morgan fingerprint density at radius 2 is 2.18 bits per heavy atom. The van der Waals surface area contributed by atoms with E-state index in [-0.39, 0.29) is 24.0 Å². The average Bonchev–Trinajstić information content (AvgIpc) is 3.05. The molecule has 1 saturated heterocycles. The van der Waals surface area contributed by atoms with Crippen LogP contribution in [-0.4, -0.2) is 49.1 Å². The lowest BCUT2D eigenvalue weighted by Crippen LogP contribution is -2.39. The molecule has 0 bridgehead atoms. The lowest BCUT2D eigenvalue weighted by molar-refractivity contribution is 0.342. The van der Waals surface area contributed by atoms with Crippen LogP contribution < -0.4 is 10.6 Å². The molecule has 7 heteroatoms. The first-order valence-electron chi connectivity index (χ1n) is 7.72. The summed E-state index contributed by atoms with van der Waals surface area (Å²) in [5, 5.41) is 7.96. The largest absolute Gasteiger partial charge is 0.356 e. The number of nitrogens with one attached hydrogen (secondary N) is 2. The Hall–Kier alpha value is -0.410. The van der Waals surface area contributed by atoms with Crippen LogP contribution in [0.3, 0.4) is 0 Å². The quantitative estimate of drug-likeness (QED) is 0.422. The number of aromatic nitrogens is 1.